The predicted octanol–water partition coefficient (Wildman–Crippen LogP) is 5.49. The van der Waals surface area contributed by atoms with Gasteiger partial charge in [-0.1, -0.05) is 127 Å². The first-order chi connectivity index (χ1) is 24.5. The van der Waals surface area contributed by atoms with E-state index in [0.717, 1.165) is 28.3 Å². The number of amides is 3. The topological polar surface area (TPSA) is 149 Å². The summed E-state index contributed by atoms with van der Waals surface area (Å²) in [5, 5.41) is 35.1. The zero-order valence-electron chi connectivity index (χ0n) is 31.2. The minimum absolute atomic E-state index is 0.00857. The van der Waals surface area contributed by atoms with Gasteiger partial charge in [-0.3, -0.25) is 9.59 Å². The maximum Gasteiger partial charge on any atom is 0.408 e. The molecular weight excluding hydrogens is 644 g/mol. The number of aliphatic hydroxyl groups is 2. The summed E-state index contributed by atoms with van der Waals surface area (Å²) in [5.41, 5.74) is 1.68. The highest BCUT2D eigenvalue weighted by Gasteiger charge is 2.33. The van der Waals surface area contributed by atoms with Gasteiger partial charge in [0, 0.05) is 12.5 Å². The smallest absolute Gasteiger partial charge is 0.408 e. The summed E-state index contributed by atoms with van der Waals surface area (Å²) in [6.07, 6.45) is 1.05. The lowest BCUT2D eigenvalue weighted by Gasteiger charge is -2.31. The van der Waals surface area contributed by atoms with Crippen molar-refractivity contribution in [3.05, 3.63) is 83.9 Å². The monoisotopic (exact) mass is 704 g/mol. The molecule has 0 spiro atoms. The molecule has 51 heavy (non-hydrogen) atoms. The van der Waals surface area contributed by atoms with Gasteiger partial charge >= 0.3 is 6.09 Å². The Labute approximate surface area is 304 Å². The number of fused-ring (bicyclic) bond motifs is 1. The minimum atomic E-state index is -1.04. The summed E-state index contributed by atoms with van der Waals surface area (Å²) in [6.45, 7) is 12.6. The van der Waals surface area contributed by atoms with Crippen molar-refractivity contribution in [1.82, 2.24) is 21.3 Å². The third kappa shape index (κ3) is 13.3. The molecule has 0 saturated carbocycles. The van der Waals surface area contributed by atoms with Crippen molar-refractivity contribution < 1.29 is 29.3 Å². The molecule has 0 heterocycles. The molecule has 0 aliphatic heterocycles. The first kappa shape index (κ1) is 41.4. The molecule has 0 aliphatic rings. The maximum atomic E-state index is 14.1. The van der Waals surface area contributed by atoms with Gasteiger partial charge in [-0.25, -0.2) is 4.79 Å². The number of carbonyl (C=O) groups excluding carboxylic acids is 3. The van der Waals surface area contributed by atoms with Crippen LogP contribution >= 0.6 is 0 Å². The van der Waals surface area contributed by atoms with Gasteiger partial charge in [-0.15, -0.1) is 0 Å². The second-order valence-electron chi connectivity index (χ2n) is 14.2. The molecule has 3 aromatic rings. The number of rotatable bonds is 21. The number of carbonyl (C=O) groups is 3. The molecule has 0 aliphatic carbocycles. The first-order valence-corrected chi connectivity index (χ1v) is 18.5. The summed E-state index contributed by atoms with van der Waals surface area (Å²) >= 11 is 0. The van der Waals surface area contributed by atoms with E-state index >= 15 is 0 Å². The molecule has 10 heteroatoms. The molecule has 0 unspecified atom stereocenters. The summed E-state index contributed by atoms with van der Waals surface area (Å²) in [4.78, 5) is 41.2. The fourth-order valence-electron chi connectivity index (χ4n) is 6.20. The van der Waals surface area contributed by atoms with Gasteiger partial charge in [0.2, 0.25) is 11.8 Å². The van der Waals surface area contributed by atoms with E-state index < -0.39 is 42.1 Å². The summed E-state index contributed by atoms with van der Waals surface area (Å²) in [7, 11) is 0. The molecule has 7 atom stereocenters. The average Bonchev–Trinajstić information content (AvgIpc) is 3.13. The third-order valence-electron chi connectivity index (χ3n) is 9.81. The molecule has 0 radical (unpaired) electrons. The third-order valence-corrected chi connectivity index (χ3v) is 9.81. The van der Waals surface area contributed by atoms with Gasteiger partial charge in [0.1, 0.15) is 18.7 Å². The van der Waals surface area contributed by atoms with Crippen LogP contribution in [0.15, 0.2) is 72.8 Å². The van der Waals surface area contributed by atoms with Gasteiger partial charge in [-0.2, -0.15) is 0 Å². The lowest BCUT2D eigenvalue weighted by molar-refractivity contribution is -0.132. The second kappa shape index (κ2) is 21.4. The van der Waals surface area contributed by atoms with Crippen molar-refractivity contribution in [3.8, 4) is 0 Å². The van der Waals surface area contributed by atoms with Crippen LogP contribution in [0.5, 0.6) is 0 Å². The van der Waals surface area contributed by atoms with Crippen LogP contribution in [0.25, 0.3) is 10.8 Å². The summed E-state index contributed by atoms with van der Waals surface area (Å²) < 4.78 is 5.49. The highest BCUT2D eigenvalue weighted by Crippen LogP contribution is 2.21. The lowest BCUT2D eigenvalue weighted by atomic mass is 9.93. The molecule has 0 bridgehead atoms. The van der Waals surface area contributed by atoms with Gasteiger partial charge in [0.15, 0.2) is 0 Å². The molecule has 3 rings (SSSR count). The summed E-state index contributed by atoms with van der Waals surface area (Å²) in [6, 6.07) is 20.4. The van der Waals surface area contributed by atoms with Crippen molar-refractivity contribution in [3.63, 3.8) is 0 Å². The number of aliphatic hydroxyl groups excluding tert-OH is 2. The summed E-state index contributed by atoms with van der Waals surface area (Å²) in [5.74, 6) is -0.667. The van der Waals surface area contributed by atoms with Crippen molar-refractivity contribution in [1.29, 1.82) is 0 Å². The van der Waals surface area contributed by atoms with E-state index in [9.17, 15) is 24.6 Å². The Hall–Kier alpha value is -3.99. The quantitative estimate of drug-likeness (QED) is 0.0860. The van der Waals surface area contributed by atoms with Crippen molar-refractivity contribution in [2.75, 3.05) is 13.2 Å². The minimum Gasteiger partial charge on any atom is -0.445 e. The van der Waals surface area contributed by atoms with Crippen LogP contribution in [0.1, 0.15) is 78.4 Å². The van der Waals surface area contributed by atoms with Gasteiger partial charge in [0.25, 0.3) is 0 Å². The van der Waals surface area contributed by atoms with E-state index in [1.165, 1.54) is 0 Å². The number of hydrogen-bond donors (Lipinski definition) is 6. The van der Waals surface area contributed by atoms with E-state index in [0.29, 0.717) is 25.8 Å². The Kier molecular flexibility index (Phi) is 17.4. The molecule has 0 aromatic heterocycles. The van der Waals surface area contributed by atoms with E-state index in [1.54, 1.807) is 0 Å². The first-order valence-electron chi connectivity index (χ1n) is 18.5. The highest BCUT2D eigenvalue weighted by molar-refractivity contribution is 5.93. The number of benzene rings is 3. The average molecular weight is 705 g/mol. The molecule has 3 aromatic carbocycles. The van der Waals surface area contributed by atoms with Crippen molar-refractivity contribution in [2.24, 2.45) is 17.8 Å². The Bertz CT molecular complexity index is 1500. The number of alkyl carbamates (subject to hydrolysis) is 1. The lowest BCUT2D eigenvalue weighted by Crippen LogP contribution is -2.58. The Morgan fingerprint density at radius 1 is 0.765 bits per heavy atom. The highest BCUT2D eigenvalue weighted by atomic mass is 16.5. The molecule has 280 valence electrons. The SMILES string of the molecule is CC[C@H](C)[C@H](NC(=O)[C@H](Cc1cccc2ccccc12)NC(=O)OCc1ccccc1)C(=O)N[C@@H](CC(C)C)[C@@H](O)CCN[C@H](CO)[C@@H](C)CC. The molecular formula is C41H60N4O6. The predicted molar refractivity (Wildman–Crippen MR) is 203 cm³/mol. The van der Waals surface area contributed by atoms with Crippen LogP contribution in [0.3, 0.4) is 0 Å². The second-order valence-corrected chi connectivity index (χ2v) is 14.2. The Morgan fingerprint density at radius 2 is 1.43 bits per heavy atom. The standard InChI is InChI=1S/C41H60N4O6/c1-7-28(5)36(25-46)42-22-21-37(47)34(23-27(3)4)43-40(49)38(29(6)8-2)45-39(48)35(44-41(50)51-26-30-15-10-9-11-16-30)24-32-19-14-18-31-17-12-13-20-33(31)32/h9-20,27-29,34-38,42,46-47H,7-8,21-26H2,1-6H3,(H,43,49)(H,44,50)(H,45,48)/t28-,29-,34-,35-,36+,37-,38-/m0/s1. The van der Waals surface area contributed by atoms with Gasteiger partial charge in [-0.05, 0) is 59.0 Å². The van der Waals surface area contributed by atoms with E-state index in [2.05, 4.69) is 35.1 Å². The fraction of sp³-hybridized carbons (Fsp3) is 0.537. The van der Waals surface area contributed by atoms with Crippen LogP contribution < -0.4 is 21.3 Å². The van der Waals surface area contributed by atoms with E-state index in [4.69, 9.17) is 4.74 Å². The van der Waals surface area contributed by atoms with Gasteiger partial charge < -0.3 is 36.2 Å². The largest absolute Gasteiger partial charge is 0.445 e. The molecule has 0 saturated heterocycles. The number of ether oxygens (including phenoxy) is 1. The normalized spacial score (nSPS) is 15.6. The molecule has 3 amide bonds. The van der Waals surface area contributed by atoms with Crippen LogP contribution in [0, 0.1) is 17.8 Å². The van der Waals surface area contributed by atoms with Crippen LogP contribution in [-0.4, -0.2) is 71.5 Å². The Balaban J connectivity index is 1.79. The van der Waals surface area contributed by atoms with Crippen LogP contribution in [0.2, 0.25) is 0 Å². The molecule has 10 nitrogen and oxygen atoms in total. The molecule has 0 fully saturated rings. The zero-order valence-corrected chi connectivity index (χ0v) is 31.2. The van der Waals surface area contributed by atoms with Crippen molar-refractivity contribution >= 4 is 28.7 Å². The number of nitrogens with one attached hydrogen (secondary N) is 4. The van der Waals surface area contributed by atoms with E-state index in [-0.39, 0.29) is 43.4 Å². The maximum absolute atomic E-state index is 14.1. The fourth-order valence-corrected chi connectivity index (χ4v) is 6.20. The van der Waals surface area contributed by atoms with Crippen molar-refractivity contribution in [2.45, 2.75) is 111 Å². The number of hydrogen-bond acceptors (Lipinski definition) is 7. The van der Waals surface area contributed by atoms with Crippen LogP contribution in [0.4, 0.5) is 4.79 Å². The Morgan fingerprint density at radius 3 is 2.10 bits per heavy atom. The molecule has 6 N–H and O–H groups in total. The zero-order chi connectivity index (χ0) is 37.3. The van der Waals surface area contributed by atoms with Crippen LogP contribution in [-0.2, 0) is 27.4 Å². The van der Waals surface area contributed by atoms with E-state index in [1.807, 2.05) is 100 Å². The van der Waals surface area contributed by atoms with Gasteiger partial charge in [0.05, 0.1) is 18.8 Å².